The number of amides is 1. The SMILES string of the molecule is Cc1nc(C(=O)N2C3CC(C3)C(C)C2COc2ccc(F)cc2)c(-c2ncccn2)s1. The number of rotatable bonds is 5. The van der Waals surface area contributed by atoms with Crippen molar-refractivity contribution in [1.82, 2.24) is 19.9 Å². The second-order valence-corrected chi connectivity index (χ2v) is 9.48. The lowest BCUT2D eigenvalue weighted by atomic mass is 9.64. The number of piperidine rings is 2. The van der Waals surface area contributed by atoms with Crippen LogP contribution in [0.1, 0.15) is 35.3 Å². The van der Waals surface area contributed by atoms with Gasteiger partial charge in [-0.2, -0.15) is 0 Å². The third-order valence-electron chi connectivity index (χ3n) is 6.43. The van der Waals surface area contributed by atoms with Gasteiger partial charge in [-0.05, 0) is 61.9 Å². The number of thiazole rings is 1. The lowest BCUT2D eigenvalue weighted by Crippen LogP contribution is -2.64. The van der Waals surface area contributed by atoms with E-state index in [9.17, 15) is 9.18 Å². The first-order valence-corrected chi connectivity index (χ1v) is 11.3. The Morgan fingerprint density at radius 2 is 1.94 bits per heavy atom. The maximum absolute atomic E-state index is 13.8. The minimum absolute atomic E-state index is 0.0680. The van der Waals surface area contributed by atoms with Crippen molar-refractivity contribution in [2.45, 2.75) is 38.8 Å². The van der Waals surface area contributed by atoms with Gasteiger partial charge in [-0.1, -0.05) is 6.92 Å². The van der Waals surface area contributed by atoms with E-state index in [1.807, 2.05) is 11.8 Å². The fourth-order valence-corrected chi connectivity index (χ4v) is 5.51. The van der Waals surface area contributed by atoms with E-state index < -0.39 is 0 Å². The molecule has 2 unspecified atom stereocenters. The molecule has 31 heavy (non-hydrogen) atoms. The largest absolute Gasteiger partial charge is 0.491 e. The van der Waals surface area contributed by atoms with Gasteiger partial charge in [0.15, 0.2) is 11.5 Å². The van der Waals surface area contributed by atoms with Crippen LogP contribution < -0.4 is 4.74 Å². The summed E-state index contributed by atoms with van der Waals surface area (Å²) >= 11 is 1.44. The predicted molar refractivity (Wildman–Crippen MR) is 115 cm³/mol. The summed E-state index contributed by atoms with van der Waals surface area (Å²) < 4.78 is 19.2. The van der Waals surface area contributed by atoms with Gasteiger partial charge in [-0.25, -0.2) is 19.3 Å². The van der Waals surface area contributed by atoms with Crippen molar-refractivity contribution in [3.8, 4) is 16.5 Å². The summed E-state index contributed by atoms with van der Waals surface area (Å²) in [5.74, 6) is 1.64. The van der Waals surface area contributed by atoms with Gasteiger partial charge in [-0.3, -0.25) is 4.79 Å². The highest BCUT2D eigenvalue weighted by molar-refractivity contribution is 7.15. The molecule has 6 rings (SSSR count). The third-order valence-corrected chi connectivity index (χ3v) is 7.39. The summed E-state index contributed by atoms with van der Waals surface area (Å²) in [6.45, 7) is 4.44. The second-order valence-electron chi connectivity index (χ2n) is 8.27. The topological polar surface area (TPSA) is 68.2 Å². The van der Waals surface area contributed by atoms with Crippen molar-refractivity contribution in [2.75, 3.05) is 6.61 Å². The molecule has 2 aliphatic heterocycles. The number of carbonyl (C=O) groups excluding carboxylic acids is 1. The zero-order valence-corrected chi connectivity index (χ0v) is 18.2. The van der Waals surface area contributed by atoms with Crippen molar-refractivity contribution < 1.29 is 13.9 Å². The minimum atomic E-state index is -0.300. The van der Waals surface area contributed by atoms with Gasteiger partial charge in [0.2, 0.25) is 0 Å². The summed E-state index contributed by atoms with van der Waals surface area (Å²) in [4.78, 5) is 29.7. The second kappa shape index (κ2) is 8.00. The van der Waals surface area contributed by atoms with Crippen LogP contribution in [0.5, 0.6) is 5.75 Å². The summed E-state index contributed by atoms with van der Waals surface area (Å²) in [5.41, 5.74) is 0.415. The van der Waals surface area contributed by atoms with Gasteiger partial charge in [0.1, 0.15) is 23.1 Å². The Morgan fingerprint density at radius 3 is 2.65 bits per heavy atom. The predicted octanol–water partition coefficient (Wildman–Crippen LogP) is 4.37. The van der Waals surface area contributed by atoms with Gasteiger partial charge in [-0.15, -0.1) is 11.3 Å². The molecule has 3 aliphatic rings. The van der Waals surface area contributed by atoms with Crippen LogP contribution in [0.2, 0.25) is 0 Å². The van der Waals surface area contributed by atoms with Crippen LogP contribution in [0.25, 0.3) is 10.7 Å². The van der Waals surface area contributed by atoms with Gasteiger partial charge in [0.05, 0.1) is 11.0 Å². The van der Waals surface area contributed by atoms with Gasteiger partial charge < -0.3 is 9.64 Å². The highest BCUT2D eigenvalue weighted by Gasteiger charge is 2.51. The van der Waals surface area contributed by atoms with E-state index >= 15 is 0 Å². The van der Waals surface area contributed by atoms with Crippen molar-refractivity contribution >= 4 is 17.2 Å². The Bertz CT molecular complexity index is 1080. The van der Waals surface area contributed by atoms with Crippen molar-refractivity contribution in [1.29, 1.82) is 0 Å². The molecule has 6 nitrogen and oxygen atoms in total. The zero-order chi connectivity index (χ0) is 21.5. The molecule has 2 bridgehead atoms. The summed E-state index contributed by atoms with van der Waals surface area (Å²) in [6, 6.07) is 7.87. The van der Waals surface area contributed by atoms with E-state index in [-0.39, 0.29) is 23.8 Å². The highest BCUT2D eigenvalue weighted by Crippen LogP contribution is 2.47. The summed E-state index contributed by atoms with van der Waals surface area (Å²) in [5, 5.41) is 0.807. The number of fused-ring (bicyclic) bond motifs is 2. The average molecular weight is 439 g/mol. The molecule has 1 aromatic carbocycles. The molecule has 3 aromatic rings. The molecule has 1 saturated carbocycles. The molecule has 2 aromatic heterocycles. The summed E-state index contributed by atoms with van der Waals surface area (Å²) in [7, 11) is 0. The number of carbonyl (C=O) groups is 1. The Balaban J connectivity index is 1.43. The molecular formula is C23H23FN4O2S. The quantitative estimate of drug-likeness (QED) is 0.592. The van der Waals surface area contributed by atoms with E-state index in [4.69, 9.17) is 4.74 Å². The van der Waals surface area contributed by atoms with Crippen LogP contribution in [0, 0.1) is 24.6 Å². The van der Waals surface area contributed by atoms with E-state index in [1.165, 1.54) is 23.5 Å². The third kappa shape index (κ3) is 3.69. The van der Waals surface area contributed by atoms with Crippen molar-refractivity contribution in [3.05, 3.63) is 59.2 Å². The van der Waals surface area contributed by atoms with E-state index in [2.05, 4.69) is 21.9 Å². The van der Waals surface area contributed by atoms with Gasteiger partial charge >= 0.3 is 0 Å². The first-order valence-electron chi connectivity index (χ1n) is 10.5. The van der Waals surface area contributed by atoms with Crippen LogP contribution in [0.15, 0.2) is 42.7 Å². The maximum atomic E-state index is 13.8. The van der Waals surface area contributed by atoms with Crippen LogP contribution in [-0.4, -0.2) is 44.4 Å². The standard InChI is InChI=1S/C23H23FN4O2S/c1-13-15-10-17(11-15)28(19(13)12-30-18-6-4-16(24)5-7-18)23(29)20-21(31-14(2)27-20)22-25-8-3-9-26-22/h3-9,13,15,17,19H,10-12H2,1-2H3. The molecule has 2 atom stereocenters. The average Bonchev–Trinajstić information content (AvgIpc) is 3.14. The fraction of sp³-hybridized carbons (Fsp3) is 0.391. The number of aromatic nitrogens is 3. The number of hydrogen-bond donors (Lipinski definition) is 0. The van der Waals surface area contributed by atoms with Crippen LogP contribution in [0.3, 0.4) is 0 Å². The Labute approximate surface area is 184 Å². The fourth-order valence-electron chi connectivity index (χ4n) is 4.65. The number of hydrogen-bond acceptors (Lipinski definition) is 6. The molecule has 160 valence electrons. The zero-order valence-electron chi connectivity index (χ0n) is 17.4. The number of aryl methyl sites for hydroxylation is 1. The number of ether oxygens (including phenoxy) is 1. The molecule has 8 heteroatoms. The van der Waals surface area contributed by atoms with Crippen molar-refractivity contribution in [2.24, 2.45) is 11.8 Å². The van der Waals surface area contributed by atoms with E-state index in [1.54, 1.807) is 30.6 Å². The van der Waals surface area contributed by atoms with E-state index in [0.717, 1.165) is 17.8 Å². The molecule has 2 saturated heterocycles. The smallest absolute Gasteiger partial charge is 0.274 e. The molecule has 0 N–H and O–H groups in total. The first-order chi connectivity index (χ1) is 15.0. The normalized spacial score (nSPS) is 24.5. The molecule has 3 fully saturated rings. The molecule has 0 radical (unpaired) electrons. The van der Waals surface area contributed by atoms with Gasteiger partial charge in [0, 0.05) is 18.4 Å². The molecule has 1 amide bonds. The monoisotopic (exact) mass is 438 g/mol. The number of benzene rings is 1. The Morgan fingerprint density at radius 1 is 1.23 bits per heavy atom. The molecule has 0 spiro atoms. The first kappa shape index (κ1) is 20.1. The molecule has 4 heterocycles. The maximum Gasteiger partial charge on any atom is 0.274 e. The van der Waals surface area contributed by atoms with Crippen LogP contribution in [0.4, 0.5) is 4.39 Å². The lowest BCUT2D eigenvalue weighted by molar-refractivity contribution is -0.0672. The van der Waals surface area contributed by atoms with Crippen LogP contribution >= 0.6 is 11.3 Å². The Kier molecular flexibility index (Phi) is 5.17. The number of halogens is 1. The molecular weight excluding hydrogens is 415 g/mol. The lowest BCUT2D eigenvalue weighted by Gasteiger charge is -2.57. The molecule has 1 aliphatic carbocycles. The van der Waals surface area contributed by atoms with E-state index in [0.29, 0.717) is 40.6 Å². The summed E-state index contributed by atoms with van der Waals surface area (Å²) in [6.07, 6.45) is 5.37. The number of nitrogens with zero attached hydrogens (tertiary/aromatic N) is 4. The van der Waals surface area contributed by atoms with Crippen molar-refractivity contribution in [3.63, 3.8) is 0 Å². The minimum Gasteiger partial charge on any atom is -0.491 e. The van der Waals surface area contributed by atoms with Gasteiger partial charge in [0.25, 0.3) is 5.91 Å². The Hall–Kier alpha value is -2.87. The van der Waals surface area contributed by atoms with Crippen LogP contribution in [-0.2, 0) is 0 Å². The highest BCUT2D eigenvalue weighted by atomic mass is 32.1.